The van der Waals surface area contributed by atoms with Crippen LogP contribution < -0.4 is 5.73 Å². The molecule has 1 aliphatic heterocycles. The molecule has 20 heavy (non-hydrogen) atoms. The summed E-state index contributed by atoms with van der Waals surface area (Å²) in [4.78, 5) is 0.0266. The van der Waals surface area contributed by atoms with Gasteiger partial charge in [-0.3, -0.25) is 0 Å². The number of benzene rings is 1. The molecule has 0 aliphatic carbocycles. The maximum atomic E-state index is 12.7. The standard InChI is InChI=1S/C13H18Cl2N2O2S/c1-13(2)6-3-7-17(8-13)20(18,19)10-5-4-9(14)12(16)11(10)15/h4-5H,3,6-8,16H2,1-2H3. The van der Waals surface area contributed by atoms with Gasteiger partial charge in [-0.05, 0) is 30.4 Å². The van der Waals surface area contributed by atoms with Crippen LogP contribution in [0.4, 0.5) is 5.69 Å². The van der Waals surface area contributed by atoms with E-state index in [0.717, 1.165) is 12.8 Å². The number of rotatable bonds is 2. The molecule has 0 bridgehead atoms. The lowest BCUT2D eigenvalue weighted by Gasteiger charge is -2.37. The molecule has 7 heteroatoms. The quantitative estimate of drug-likeness (QED) is 0.842. The molecule has 1 heterocycles. The van der Waals surface area contributed by atoms with Gasteiger partial charge in [-0.25, -0.2) is 8.42 Å². The van der Waals surface area contributed by atoms with Gasteiger partial charge in [0.25, 0.3) is 0 Å². The van der Waals surface area contributed by atoms with Gasteiger partial charge in [-0.2, -0.15) is 4.31 Å². The Morgan fingerprint density at radius 2 is 1.95 bits per heavy atom. The molecule has 0 amide bonds. The van der Waals surface area contributed by atoms with E-state index in [4.69, 9.17) is 28.9 Å². The number of nitrogens with two attached hydrogens (primary N) is 1. The van der Waals surface area contributed by atoms with Gasteiger partial charge in [0.15, 0.2) is 0 Å². The highest BCUT2D eigenvalue weighted by atomic mass is 35.5. The fourth-order valence-corrected chi connectivity index (χ4v) is 4.87. The fraction of sp³-hybridized carbons (Fsp3) is 0.538. The molecule has 112 valence electrons. The Hall–Kier alpha value is -0.490. The monoisotopic (exact) mass is 336 g/mol. The highest BCUT2D eigenvalue weighted by Gasteiger charge is 2.35. The summed E-state index contributed by atoms with van der Waals surface area (Å²) in [7, 11) is -3.64. The average Bonchev–Trinajstić information content (AvgIpc) is 2.34. The van der Waals surface area contributed by atoms with Crippen molar-refractivity contribution in [2.75, 3.05) is 18.8 Å². The molecule has 2 N–H and O–H groups in total. The van der Waals surface area contributed by atoms with Crippen molar-refractivity contribution in [2.45, 2.75) is 31.6 Å². The molecule has 4 nitrogen and oxygen atoms in total. The van der Waals surface area contributed by atoms with E-state index in [2.05, 4.69) is 13.8 Å². The lowest BCUT2D eigenvalue weighted by Crippen LogP contribution is -2.43. The van der Waals surface area contributed by atoms with Gasteiger partial charge in [-0.15, -0.1) is 0 Å². The topological polar surface area (TPSA) is 63.4 Å². The van der Waals surface area contributed by atoms with Gasteiger partial charge in [0, 0.05) is 13.1 Å². The minimum atomic E-state index is -3.64. The first-order chi connectivity index (χ1) is 9.15. The van der Waals surface area contributed by atoms with E-state index in [1.807, 2.05) is 0 Å². The summed E-state index contributed by atoms with van der Waals surface area (Å²) >= 11 is 11.9. The molecule has 0 aromatic heterocycles. The summed E-state index contributed by atoms with van der Waals surface area (Å²) < 4.78 is 26.9. The fourth-order valence-electron chi connectivity index (χ4n) is 2.46. The maximum absolute atomic E-state index is 12.7. The molecule has 1 aromatic rings. The molecule has 0 spiro atoms. The lowest BCUT2D eigenvalue weighted by atomic mass is 9.85. The SMILES string of the molecule is CC1(C)CCCN(S(=O)(=O)c2ccc(Cl)c(N)c2Cl)C1. The minimum Gasteiger partial charge on any atom is -0.396 e. The highest BCUT2D eigenvalue weighted by molar-refractivity contribution is 7.89. The number of halogens is 2. The van der Waals surface area contributed by atoms with Crippen molar-refractivity contribution in [3.8, 4) is 0 Å². The van der Waals surface area contributed by atoms with Crippen LogP contribution in [-0.4, -0.2) is 25.8 Å². The van der Waals surface area contributed by atoms with Gasteiger partial charge >= 0.3 is 0 Å². The number of sulfonamides is 1. The Labute approximate surface area is 129 Å². The number of anilines is 1. The van der Waals surface area contributed by atoms with E-state index < -0.39 is 10.0 Å². The Bertz CT molecular complexity index is 630. The van der Waals surface area contributed by atoms with Crippen molar-refractivity contribution >= 4 is 38.9 Å². The second-order valence-corrected chi connectivity index (χ2v) is 8.57. The first kappa shape index (κ1) is 15.9. The molecule has 1 aromatic carbocycles. The Balaban J connectivity index is 2.43. The van der Waals surface area contributed by atoms with Gasteiger partial charge in [0.1, 0.15) is 4.90 Å². The normalized spacial score (nSPS) is 20.0. The molecule has 1 fully saturated rings. The van der Waals surface area contributed by atoms with Crippen LogP contribution in [0.2, 0.25) is 10.0 Å². The van der Waals surface area contributed by atoms with Gasteiger partial charge in [0.2, 0.25) is 10.0 Å². The third-order valence-electron chi connectivity index (χ3n) is 3.57. The lowest BCUT2D eigenvalue weighted by molar-refractivity contribution is 0.187. The van der Waals surface area contributed by atoms with Gasteiger partial charge in [-0.1, -0.05) is 37.0 Å². The van der Waals surface area contributed by atoms with E-state index in [9.17, 15) is 8.42 Å². The Morgan fingerprint density at radius 1 is 1.30 bits per heavy atom. The third kappa shape index (κ3) is 2.91. The summed E-state index contributed by atoms with van der Waals surface area (Å²) in [6, 6.07) is 2.88. The smallest absolute Gasteiger partial charge is 0.244 e. The van der Waals surface area contributed by atoms with Crippen LogP contribution in [0.25, 0.3) is 0 Å². The zero-order chi connectivity index (χ0) is 15.1. The maximum Gasteiger partial charge on any atom is 0.244 e. The van der Waals surface area contributed by atoms with Crippen LogP contribution in [0, 0.1) is 5.41 Å². The van der Waals surface area contributed by atoms with E-state index in [-0.39, 0.29) is 26.0 Å². The van der Waals surface area contributed by atoms with Crippen LogP contribution >= 0.6 is 23.2 Å². The number of nitrogen functional groups attached to an aromatic ring is 1. The van der Waals surface area contributed by atoms with Crippen LogP contribution in [0.3, 0.4) is 0 Å². The highest BCUT2D eigenvalue weighted by Crippen LogP contribution is 2.37. The Kier molecular flexibility index (Phi) is 4.27. The average molecular weight is 337 g/mol. The van der Waals surface area contributed by atoms with Crippen molar-refractivity contribution in [1.82, 2.24) is 4.31 Å². The second-order valence-electron chi connectivity index (χ2n) is 5.88. The van der Waals surface area contributed by atoms with E-state index >= 15 is 0 Å². The van der Waals surface area contributed by atoms with Crippen molar-refractivity contribution in [1.29, 1.82) is 0 Å². The molecule has 2 rings (SSSR count). The zero-order valence-electron chi connectivity index (χ0n) is 11.5. The van der Waals surface area contributed by atoms with Crippen molar-refractivity contribution in [2.24, 2.45) is 5.41 Å². The second kappa shape index (κ2) is 5.37. The summed E-state index contributed by atoms with van der Waals surface area (Å²) in [5.74, 6) is 0. The van der Waals surface area contributed by atoms with Crippen LogP contribution in [0.15, 0.2) is 17.0 Å². The summed E-state index contributed by atoms with van der Waals surface area (Å²) in [6.45, 7) is 5.11. The van der Waals surface area contributed by atoms with Crippen LogP contribution in [-0.2, 0) is 10.0 Å². The van der Waals surface area contributed by atoms with Crippen molar-refractivity contribution in [3.05, 3.63) is 22.2 Å². The molecular formula is C13H18Cl2N2O2S. The van der Waals surface area contributed by atoms with E-state index in [0.29, 0.717) is 13.1 Å². The van der Waals surface area contributed by atoms with E-state index in [1.54, 1.807) is 0 Å². The predicted molar refractivity (Wildman–Crippen MR) is 82.6 cm³/mol. The molecule has 1 saturated heterocycles. The summed E-state index contributed by atoms with van der Waals surface area (Å²) in [6.07, 6.45) is 1.85. The number of piperidine rings is 1. The number of hydrogen-bond acceptors (Lipinski definition) is 3. The zero-order valence-corrected chi connectivity index (χ0v) is 13.8. The van der Waals surface area contributed by atoms with Gasteiger partial charge < -0.3 is 5.73 Å². The third-order valence-corrected chi connectivity index (χ3v) is 6.31. The largest absolute Gasteiger partial charge is 0.396 e. The van der Waals surface area contributed by atoms with Crippen LogP contribution in [0.5, 0.6) is 0 Å². The molecule has 0 unspecified atom stereocenters. The van der Waals surface area contributed by atoms with Gasteiger partial charge in [0.05, 0.1) is 15.7 Å². The van der Waals surface area contributed by atoms with Crippen molar-refractivity contribution < 1.29 is 8.42 Å². The molecule has 1 aliphatic rings. The minimum absolute atomic E-state index is 0.000814. The first-order valence-electron chi connectivity index (χ1n) is 6.39. The summed E-state index contributed by atoms with van der Waals surface area (Å²) in [5.41, 5.74) is 5.79. The first-order valence-corrected chi connectivity index (χ1v) is 8.58. The summed E-state index contributed by atoms with van der Waals surface area (Å²) in [5, 5.41) is 0.258. The number of nitrogens with zero attached hydrogens (tertiary/aromatic N) is 1. The van der Waals surface area contributed by atoms with E-state index in [1.165, 1.54) is 16.4 Å². The Morgan fingerprint density at radius 3 is 2.55 bits per heavy atom. The van der Waals surface area contributed by atoms with Crippen LogP contribution in [0.1, 0.15) is 26.7 Å². The number of hydrogen-bond donors (Lipinski definition) is 1. The van der Waals surface area contributed by atoms with Crippen molar-refractivity contribution in [3.63, 3.8) is 0 Å². The molecule has 0 radical (unpaired) electrons. The molecule has 0 saturated carbocycles. The predicted octanol–water partition coefficient (Wildman–Crippen LogP) is 3.39. The molecular weight excluding hydrogens is 319 g/mol. The molecule has 0 atom stereocenters.